The molecule has 0 bridgehead atoms. The van der Waals surface area contributed by atoms with E-state index in [2.05, 4.69) is 11.4 Å². The number of nitro groups is 1. The third kappa shape index (κ3) is 5.08. The van der Waals surface area contributed by atoms with Crippen LogP contribution in [0, 0.1) is 17.0 Å². The van der Waals surface area contributed by atoms with Crippen molar-refractivity contribution in [3.63, 3.8) is 0 Å². The second-order valence-electron chi connectivity index (χ2n) is 6.14. The van der Waals surface area contributed by atoms with E-state index in [1.165, 1.54) is 30.5 Å². The van der Waals surface area contributed by atoms with Gasteiger partial charge in [0.1, 0.15) is 0 Å². The molecule has 1 unspecified atom stereocenters. The maximum Gasteiger partial charge on any atom is 0.311 e. The van der Waals surface area contributed by atoms with E-state index in [1.807, 2.05) is 0 Å². The highest BCUT2D eigenvalue weighted by molar-refractivity contribution is 5.80. The topological polar surface area (TPSA) is 81.5 Å². The van der Waals surface area contributed by atoms with Crippen molar-refractivity contribution >= 4 is 11.6 Å². The van der Waals surface area contributed by atoms with Crippen LogP contribution < -0.4 is 10.1 Å². The summed E-state index contributed by atoms with van der Waals surface area (Å²) in [5.74, 6) is -0.149. The second kappa shape index (κ2) is 8.47. The summed E-state index contributed by atoms with van der Waals surface area (Å²) in [5, 5.41) is 13.9. The minimum atomic E-state index is -0.785. The molecular weight excluding hydrogens is 308 g/mol. The van der Waals surface area contributed by atoms with Gasteiger partial charge in [-0.05, 0) is 57.6 Å². The van der Waals surface area contributed by atoms with Crippen LogP contribution in [0.5, 0.6) is 5.75 Å². The molecule has 1 amide bonds. The number of carbonyl (C=O) groups excluding carboxylic acids is 1. The summed E-state index contributed by atoms with van der Waals surface area (Å²) in [4.78, 5) is 22.7. The Hall–Kier alpha value is -2.37. The number of hydrogen-bond acceptors (Lipinski definition) is 4. The summed E-state index contributed by atoms with van der Waals surface area (Å²) < 4.78 is 5.50. The van der Waals surface area contributed by atoms with Gasteiger partial charge in [0.2, 0.25) is 0 Å². The van der Waals surface area contributed by atoms with Crippen LogP contribution in [0.4, 0.5) is 5.69 Å². The van der Waals surface area contributed by atoms with E-state index in [0.717, 1.165) is 24.8 Å². The van der Waals surface area contributed by atoms with Crippen molar-refractivity contribution in [3.8, 4) is 5.75 Å². The van der Waals surface area contributed by atoms with E-state index >= 15 is 0 Å². The van der Waals surface area contributed by atoms with Gasteiger partial charge in [-0.1, -0.05) is 17.7 Å². The molecule has 1 aliphatic rings. The lowest BCUT2D eigenvalue weighted by Gasteiger charge is -2.16. The van der Waals surface area contributed by atoms with Crippen LogP contribution in [-0.2, 0) is 4.79 Å². The Balaban J connectivity index is 1.87. The molecule has 2 rings (SSSR count). The molecule has 0 saturated heterocycles. The fraction of sp³-hybridized carbons (Fsp3) is 0.500. The highest BCUT2D eigenvalue weighted by Crippen LogP contribution is 2.28. The molecule has 1 atom stereocenters. The average molecular weight is 332 g/mol. The van der Waals surface area contributed by atoms with Crippen LogP contribution in [0.15, 0.2) is 29.8 Å². The molecule has 24 heavy (non-hydrogen) atoms. The summed E-state index contributed by atoms with van der Waals surface area (Å²) >= 11 is 0. The highest BCUT2D eigenvalue weighted by atomic mass is 16.6. The Kier molecular flexibility index (Phi) is 6.35. The Bertz CT molecular complexity index is 640. The van der Waals surface area contributed by atoms with Crippen molar-refractivity contribution < 1.29 is 14.5 Å². The first-order valence-electron chi connectivity index (χ1n) is 8.34. The van der Waals surface area contributed by atoms with Crippen molar-refractivity contribution in [2.24, 2.45) is 0 Å². The van der Waals surface area contributed by atoms with Gasteiger partial charge >= 0.3 is 5.69 Å². The number of aryl methyl sites for hydroxylation is 1. The van der Waals surface area contributed by atoms with Crippen LogP contribution in [0.1, 0.15) is 44.6 Å². The fourth-order valence-electron chi connectivity index (χ4n) is 2.74. The summed E-state index contributed by atoms with van der Waals surface area (Å²) in [6.07, 6.45) is 7.02. The Labute approximate surface area is 142 Å². The van der Waals surface area contributed by atoms with Gasteiger partial charge in [-0.3, -0.25) is 14.9 Å². The summed E-state index contributed by atoms with van der Waals surface area (Å²) in [6, 6.07) is 4.70. The van der Waals surface area contributed by atoms with Crippen molar-refractivity contribution in [2.45, 2.75) is 52.1 Å². The van der Waals surface area contributed by atoms with Gasteiger partial charge < -0.3 is 10.1 Å². The molecule has 6 nitrogen and oxygen atoms in total. The fourth-order valence-corrected chi connectivity index (χ4v) is 2.74. The van der Waals surface area contributed by atoms with E-state index in [0.29, 0.717) is 6.54 Å². The lowest BCUT2D eigenvalue weighted by molar-refractivity contribution is -0.386. The third-order valence-corrected chi connectivity index (χ3v) is 4.11. The number of amides is 1. The lowest BCUT2D eigenvalue weighted by Crippen LogP contribution is -2.37. The molecule has 0 radical (unpaired) electrons. The van der Waals surface area contributed by atoms with Gasteiger partial charge in [-0.25, -0.2) is 0 Å². The van der Waals surface area contributed by atoms with E-state index in [9.17, 15) is 14.9 Å². The maximum atomic E-state index is 12.1. The number of allylic oxidation sites excluding steroid dienone is 1. The summed E-state index contributed by atoms with van der Waals surface area (Å²) in [5.41, 5.74) is 2.04. The van der Waals surface area contributed by atoms with Crippen LogP contribution in [0.3, 0.4) is 0 Å². The zero-order valence-corrected chi connectivity index (χ0v) is 14.2. The molecule has 0 aromatic heterocycles. The molecule has 1 aromatic carbocycles. The molecule has 0 spiro atoms. The normalized spacial score (nSPS) is 15.3. The molecule has 130 valence electrons. The van der Waals surface area contributed by atoms with Crippen LogP contribution in [0.25, 0.3) is 0 Å². The first-order valence-corrected chi connectivity index (χ1v) is 8.34. The SMILES string of the molecule is Cc1ccc(OC(C)C(=O)NCCC2=CCCCC2)c([N+](=O)[O-])c1. The Morgan fingerprint density at radius 2 is 2.21 bits per heavy atom. The summed E-state index contributed by atoms with van der Waals surface area (Å²) in [6.45, 7) is 3.93. The molecular formula is C18H24N2O4. The van der Waals surface area contributed by atoms with Crippen molar-refractivity contribution in [2.75, 3.05) is 6.54 Å². The van der Waals surface area contributed by atoms with E-state index in [4.69, 9.17) is 4.74 Å². The van der Waals surface area contributed by atoms with E-state index in [1.54, 1.807) is 19.9 Å². The van der Waals surface area contributed by atoms with Gasteiger partial charge in [-0.15, -0.1) is 0 Å². The van der Waals surface area contributed by atoms with Gasteiger partial charge in [0.05, 0.1) is 4.92 Å². The smallest absolute Gasteiger partial charge is 0.311 e. The standard InChI is InChI=1S/C18H24N2O4/c1-13-8-9-17(16(12-13)20(22)23)24-14(2)18(21)19-11-10-15-6-4-3-5-7-15/h6,8-9,12,14H,3-5,7,10-11H2,1-2H3,(H,19,21). The first-order chi connectivity index (χ1) is 11.5. The number of nitrogens with zero attached hydrogens (tertiary/aromatic N) is 1. The molecule has 0 heterocycles. The monoisotopic (exact) mass is 332 g/mol. The minimum absolute atomic E-state index is 0.114. The van der Waals surface area contributed by atoms with Gasteiger partial charge in [0, 0.05) is 12.6 Å². The Morgan fingerprint density at radius 1 is 1.42 bits per heavy atom. The molecule has 0 fully saturated rings. The highest BCUT2D eigenvalue weighted by Gasteiger charge is 2.21. The molecule has 1 N–H and O–H groups in total. The first kappa shape index (κ1) is 18.0. The molecule has 0 saturated carbocycles. The molecule has 0 aliphatic heterocycles. The quantitative estimate of drug-likeness (QED) is 0.469. The number of ether oxygens (including phenoxy) is 1. The largest absolute Gasteiger partial charge is 0.474 e. The van der Waals surface area contributed by atoms with Gasteiger partial charge in [0.15, 0.2) is 11.9 Å². The number of benzene rings is 1. The average Bonchev–Trinajstić information content (AvgIpc) is 2.57. The second-order valence-corrected chi connectivity index (χ2v) is 6.14. The van der Waals surface area contributed by atoms with Crippen LogP contribution >= 0.6 is 0 Å². The minimum Gasteiger partial charge on any atom is -0.474 e. The number of carbonyl (C=O) groups is 1. The number of hydrogen-bond donors (Lipinski definition) is 1. The molecule has 1 aromatic rings. The molecule has 6 heteroatoms. The van der Waals surface area contributed by atoms with Crippen molar-refractivity contribution in [1.82, 2.24) is 5.32 Å². The number of nitro benzene ring substituents is 1. The van der Waals surface area contributed by atoms with E-state index in [-0.39, 0.29) is 17.3 Å². The molecule has 1 aliphatic carbocycles. The number of nitrogens with one attached hydrogen (secondary N) is 1. The zero-order valence-electron chi connectivity index (χ0n) is 14.2. The predicted molar refractivity (Wildman–Crippen MR) is 92.1 cm³/mol. The van der Waals surface area contributed by atoms with E-state index < -0.39 is 11.0 Å². The Morgan fingerprint density at radius 3 is 2.88 bits per heavy atom. The lowest BCUT2D eigenvalue weighted by atomic mass is 9.97. The van der Waals surface area contributed by atoms with Crippen molar-refractivity contribution in [3.05, 3.63) is 45.5 Å². The number of rotatable bonds is 7. The zero-order chi connectivity index (χ0) is 17.5. The van der Waals surface area contributed by atoms with Crippen LogP contribution in [-0.4, -0.2) is 23.5 Å². The van der Waals surface area contributed by atoms with Gasteiger partial charge in [0.25, 0.3) is 5.91 Å². The van der Waals surface area contributed by atoms with Crippen molar-refractivity contribution in [1.29, 1.82) is 0 Å². The van der Waals surface area contributed by atoms with Crippen LogP contribution in [0.2, 0.25) is 0 Å². The summed E-state index contributed by atoms with van der Waals surface area (Å²) in [7, 11) is 0. The maximum absolute atomic E-state index is 12.1. The third-order valence-electron chi connectivity index (χ3n) is 4.11. The predicted octanol–water partition coefficient (Wildman–Crippen LogP) is 3.68. The van der Waals surface area contributed by atoms with Gasteiger partial charge in [-0.2, -0.15) is 0 Å².